The SMILES string of the molecule is CNC(Cc1cccc(Cl)c1)c1c(Cl)cnn1C. The standard InChI is InChI=1S/C13H15Cl2N3/c1-16-12(13-11(15)8-17-18(13)2)7-9-4-3-5-10(14)6-9/h3-6,8,12,16H,7H2,1-2H3. The fourth-order valence-corrected chi connectivity index (χ4v) is 2.56. The van der Waals surface area contributed by atoms with Crippen molar-refractivity contribution in [3.8, 4) is 0 Å². The molecule has 2 rings (SSSR count). The molecule has 1 unspecified atom stereocenters. The van der Waals surface area contributed by atoms with Crippen molar-refractivity contribution in [2.75, 3.05) is 7.05 Å². The molecule has 3 nitrogen and oxygen atoms in total. The van der Waals surface area contributed by atoms with Gasteiger partial charge in [0.05, 0.1) is 23.0 Å². The molecule has 0 amide bonds. The van der Waals surface area contributed by atoms with Crippen LogP contribution in [0.1, 0.15) is 17.3 Å². The van der Waals surface area contributed by atoms with Gasteiger partial charge >= 0.3 is 0 Å². The number of aryl methyl sites for hydroxylation is 1. The van der Waals surface area contributed by atoms with Crippen LogP contribution < -0.4 is 5.32 Å². The average Bonchev–Trinajstić information content (AvgIpc) is 2.67. The van der Waals surface area contributed by atoms with E-state index in [1.54, 1.807) is 10.9 Å². The molecular weight excluding hydrogens is 269 g/mol. The van der Waals surface area contributed by atoms with Gasteiger partial charge in [-0.15, -0.1) is 0 Å². The van der Waals surface area contributed by atoms with Crippen LogP contribution in [0.2, 0.25) is 10.0 Å². The predicted molar refractivity (Wildman–Crippen MR) is 75.2 cm³/mol. The number of nitrogens with one attached hydrogen (secondary N) is 1. The summed E-state index contributed by atoms with van der Waals surface area (Å²) >= 11 is 12.2. The fourth-order valence-electron chi connectivity index (χ4n) is 2.05. The lowest BCUT2D eigenvalue weighted by Gasteiger charge is -2.17. The largest absolute Gasteiger partial charge is 0.311 e. The summed E-state index contributed by atoms with van der Waals surface area (Å²) in [6, 6.07) is 7.96. The molecule has 0 aliphatic heterocycles. The molecule has 1 aromatic carbocycles. The molecule has 0 fully saturated rings. The zero-order chi connectivity index (χ0) is 13.1. The van der Waals surface area contributed by atoms with Gasteiger partial charge in [-0.05, 0) is 31.2 Å². The second-order valence-corrected chi connectivity index (χ2v) is 5.02. The maximum Gasteiger partial charge on any atom is 0.0834 e. The highest BCUT2D eigenvalue weighted by atomic mass is 35.5. The van der Waals surface area contributed by atoms with Crippen LogP contribution in [-0.4, -0.2) is 16.8 Å². The van der Waals surface area contributed by atoms with E-state index >= 15 is 0 Å². The maximum atomic E-state index is 6.17. The number of likely N-dealkylation sites (N-methyl/N-ethyl adjacent to an activating group) is 1. The summed E-state index contributed by atoms with van der Waals surface area (Å²) in [4.78, 5) is 0. The van der Waals surface area contributed by atoms with Crippen molar-refractivity contribution in [1.29, 1.82) is 0 Å². The average molecular weight is 284 g/mol. The van der Waals surface area contributed by atoms with Gasteiger partial charge in [0.15, 0.2) is 0 Å². The van der Waals surface area contributed by atoms with Crippen LogP contribution in [-0.2, 0) is 13.5 Å². The Labute approximate surface area is 117 Å². The van der Waals surface area contributed by atoms with Gasteiger partial charge in [-0.2, -0.15) is 5.10 Å². The van der Waals surface area contributed by atoms with E-state index in [-0.39, 0.29) is 6.04 Å². The van der Waals surface area contributed by atoms with Crippen LogP contribution in [0.4, 0.5) is 0 Å². The van der Waals surface area contributed by atoms with Crippen molar-refractivity contribution in [3.63, 3.8) is 0 Å². The molecule has 0 saturated carbocycles. The molecule has 1 heterocycles. The highest BCUT2D eigenvalue weighted by Crippen LogP contribution is 2.25. The lowest BCUT2D eigenvalue weighted by molar-refractivity contribution is 0.537. The van der Waals surface area contributed by atoms with E-state index in [1.165, 1.54) is 5.56 Å². The summed E-state index contributed by atoms with van der Waals surface area (Å²) in [5.41, 5.74) is 2.15. The molecule has 1 atom stereocenters. The van der Waals surface area contributed by atoms with E-state index in [2.05, 4.69) is 16.5 Å². The zero-order valence-electron chi connectivity index (χ0n) is 10.3. The molecule has 5 heteroatoms. The third kappa shape index (κ3) is 2.86. The molecule has 2 aromatic rings. The van der Waals surface area contributed by atoms with E-state index in [4.69, 9.17) is 23.2 Å². The van der Waals surface area contributed by atoms with Crippen molar-refractivity contribution >= 4 is 23.2 Å². The summed E-state index contributed by atoms with van der Waals surface area (Å²) in [5.74, 6) is 0. The monoisotopic (exact) mass is 283 g/mol. The molecule has 1 aromatic heterocycles. The number of nitrogens with zero attached hydrogens (tertiary/aromatic N) is 2. The first kappa shape index (κ1) is 13.4. The van der Waals surface area contributed by atoms with Gasteiger partial charge in [0.25, 0.3) is 0 Å². The first-order valence-electron chi connectivity index (χ1n) is 5.71. The van der Waals surface area contributed by atoms with Gasteiger partial charge in [0, 0.05) is 12.1 Å². The highest BCUT2D eigenvalue weighted by molar-refractivity contribution is 6.31. The topological polar surface area (TPSA) is 29.9 Å². The molecule has 0 aliphatic rings. The second kappa shape index (κ2) is 5.74. The van der Waals surface area contributed by atoms with E-state index < -0.39 is 0 Å². The Morgan fingerprint density at radius 1 is 1.39 bits per heavy atom. The molecule has 0 spiro atoms. The quantitative estimate of drug-likeness (QED) is 0.934. The smallest absolute Gasteiger partial charge is 0.0834 e. The zero-order valence-corrected chi connectivity index (χ0v) is 11.8. The lowest BCUT2D eigenvalue weighted by Crippen LogP contribution is -2.22. The predicted octanol–water partition coefficient (Wildman–Crippen LogP) is 3.23. The Morgan fingerprint density at radius 2 is 2.17 bits per heavy atom. The van der Waals surface area contributed by atoms with E-state index in [0.717, 1.165) is 17.1 Å². The van der Waals surface area contributed by atoms with E-state index in [0.29, 0.717) is 5.02 Å². The summed E-state index contributed by atoms with van der Waals surface area (Å²) in [5, 5.41) is 8.86. The summed E-state index contributed by atoms with van der Waals surface area (Å²) < 4.78 is 1.80. The third-order valence-corrected chi connectivity index (χ3v) is 3.47. The maximum absolute atomic E-state index is 6.17. The Kier molecular flexibility index (Phi) is 4.27. The van der Waals surface area contributed by atoms with Gasteiger partial charge in [-0.25, -0.2) is 0 Å². The van der Waals surface area contributed by atoms with Crippen LogP contribution in [0.25, 0.3) is 0 Å². The fraction of sp³-hybridized carbons (Fsp3) is 0.308. The summed E-state index contributed by atoms with van der Waals surface area (Å²) in [6.07, 6.45) is 2.48. The highest BCUT2D eigenvalue weighted by Gasteiger charge is 2.17. The van der Waals surface area contributed by atoms with Crippen molar-refractivity contribution < 1.29 is 0 Å². The van der Waals surface area contributed by atoms with Crippen molar-refractivity contribution in [2.45, 2.75) is 12.5 Å². The number of halogens is 2. The van der Waals surface area contributed by atoms with Crippen LogP contribution in [0.5, 0.6) is 0 Å². The minimum atomic E-state index is 0.114. The van der Waals surface area contributed by atoms with Gasteiger partial charge in [-0.1, -0.05) is 35.3 Å². The van der Waals surface area contributed by atoms with Crippen LogP contribution in [0, 0.1) is 0 Å². The van der Waals surface area contributed by atoms with Crippen molar-refractivity contribution in [2.24, 2.45) is 7.05 Å². The Morgan fingerprint density at radius 3 is 2.72 bits per heavy atom. The van der Waals surface area contributed by atoms with Crippen molar-refractivity contribution in [1.82, 2.24) is 15.1 Å². The molecular formula is C13H15Cl2N3. The normalized spacial score (nSPS) is 12.7. The Hall–Kier alpha value is -1.03. The number of aromatic nitrogens is 2. The lowest BCUT2D eigenvalue weighted by atomic mass is 10.0. The molecule has 0 aliphatic carbocycles. The molecule has 0 bridgehead atoms. The first-order valence-corrected chi connectivity index (χ1v) is 6.46. The van der Waals surface area contributed by atoms with Gasteiger partial charge in [0.2, 0.25) is 0 Å². The van der Waals surface area contributed by atoms with Crippen molar-refractivity contribution in [3.05, 3.63) is 51.8 Å². The molecule has 96 valence electrons. The number of benzene rings is 1. The summed E-state index contributed by atoms with van der Waals surface area (Å²) in [6.45, 7) is 0. The minimum absolute atomic E-state index is 0.114. The van der Waals surface area contributed by atoms with Crippen LogP contribution in [0.3, 0.4) is 0 Å². The minimum Gasteiger partial charge on any atom is -0.311 e. The second-order valence-electron chi connectivity index (χ2n) is 4.18. The Balaban J connectivity index is 2.25. The van der Waals surface area contributed by atoms with E-state index in [9.17, 15) is 0 Å². The molecule has 0 saturated heterocycles. The third-order valence-electron chi connectivity index (χ3n) is 2.95. The van der Waals surface area contributed by atoms with Gasteiger partial charge in [0.1, 0.15) is 0 Å². The molecule has 18 heavy (non-hydrogen) atoms. The van der Waals surface area contributed by atoms with Gasteiger partial charge in [-0.3, -0.25) is 4.68 Å². The molecule has 0 radical (unpaired) electrons. The van der Waals surface area contributed by atoms with Gasteiger partial charge < -0.3 is 5.32 Å². The van der Waals surface area contributed by atoms with Crippen LogP contribution in [0.15, 0.2) is 30.5 Å². The van der Waals surface area contributed by atoms with E-state index in [1.807, 2.05) is 32.3 Å². The Bertz CT molecular complexity index is 517. The van der Waals surface area contributed by atoms with Crippen LogP contribution >= 0.6 is 23.2 Å². The molecule has 1 N–H and O–H groups in total. The first-order chi connectivity index (χ1) is 8.61. The number of rotatable bonds is 4. The number of hydrogen-bond acceptors (Lipinski definition) is 2. The number of hydrogen-bond donors (Lipinski definition) is 1. The summed E-state index contributed by atoms with van der Waals surface area (Å²) in [7, 11) is 3.81.